The van der Waals surface area contributed by atoms with Crippen LogP contribution in [0.5, 0.6) is 0 Å². The van der Waals surface area contributed by atoms with Crippen LogP contribution in [-0.2, 0) is 51.0 Å². The number of esters is 2. The number of hydrogen-bond acceptors (Lipinski definition) is 11. The number of carbonyl (C=O) groups excluding carboxylic acids is 2. The Kier molecular flexibility index (Phi) is 20.9. The van der Waals surface area contributed by atoms with Gasteiger partial charge in [-0.1, -0.05) is 72.8 Å². The van der Waals surface area contributed by atoms with Gasteiger partial charge in [0.2, 0.25) is 0 Å². The SMILES string of the molecule is CCOC(=O)CCC(C)(C#N)N=NC(C)(C#N)CCC(=O)OCC(F)(F)S(=O)(=O)[O-].FC(F)(F)[S+](c1ccccc1)c1ccccc1.FC(F)(F)[S+](c1ccccc1)c1ccccc1. The maximum Gasteiger partial charge on any atom is 0.586 e. The third-order valence-electron chi connectivity index (χ3n) is 8.06. The van der Waals surface area contributed by atoms with Crippen molar-refractivity contribution in [2.24, 2.45) is 10.2 Å². The van der Waals surface area contributed by atoms with E-state index in [1.54, 1.807) is 85.8 Å². The predicted octanol–water partition coefficient (Wildman–Crippen LogP) is 10.3. The van der Waals surface area contributed by atoms with Gasteiger partial charge in [0.15, 0.2) is 69.2 Å². The van der Waals surface area contributed by atoms with Gasteiger partial charge in [-0.05, 0) is 82.1 Å². The number of benzene rings is 4. The molecule has 0 amide bonds. The molecule has 0 aliphatic rings. The molecule has 64 heavy (non-hydrogen) atoms. The number of carbonyl (C=O) groups is 2. The van der Waals surface area contributed by atoms with Crippen LogP contribution in [-0.4, -0.2) is 65.5 Å². The molecule has 4 aromatic rings. The molecule has 4 aromatic carbocycles. The molecule has 0 saturated carbocycles. The Morgan fingerprint density at radius 1 is 0.594 bits per heavy atom. The van der Waals surface area contributed by atoms with E-state index in [1.807, 2.05) is 6.07 Å². The fraction of sp³-hybridized carbons (Fsp3) is 0.333. The van der Waals surface area contributed by atoms with Crippen molar-refractivity contribution >= 4 is 43.8 Å². The highest BCUT2D eigenvalue weighted by Gasteiger charge is 2.55. The van der Waals surface area contributed by atoms with Crippen LogP contribution in [0.2, 0.25) is 0 Å². The number of rotatable bonds is 16. The standard InChI is InChI=1S/C16H22F2N4O7S.2C13H10F3S/c1-4-28-12(23)5-7-14(2,9-19)21-22-15(3,10-20)8-6-13(24)29-11-16(17,18)30(25,26)27;2*14-13(15,16)17(11-7-3-1-4-8-11)12-9-5-2-6-10-12/h4-8,11H2,1-3H3,(H,25,26,27);2*1-10H/q;2*+1/p-1. The van der Waals surface area contributed by atoms with Gasteiger partial charge in [0.1, 0.15) is 0 Å². The number of ether oxygens (including phenoxy) is 2. The summed E-state index contributed by atoms with van der Waals surface area (Å²) in [7, 11) is -9.74. The van der Waals surface area contributed by atoms with Crippen LogP contribution in [0.15, 0.2) is 151 Å². The first-order valence-corrected chi connectivity index (χ1v) is 22.4. The molecule has 0 aliphatic carbocycles. The molecule has 0 aromatic heterocycles. The Bertz CT molecular complexity index is 2130. The third kappa shape index (κ3) is 18.3. The van der Waals surface area contributed by atoms with Gasteiger partial charge in [-0.3, -0.25) is 9.59 Å². The maximum atomic E-state index is 13.1. The first-order chi connectivity index (χ1) is 29.8. The summed E-state index contributed by atoms with van der Waals surface area (Å²) in [4.78, 5) is 24.1. The van der Waals surface area contributed by atoms with E-state index in [9.17, 15) is 68.2 Å². The molecule has 22 heteroatoms. The predicted molar refractivity (Wildman–Crippen MR) is 219 cm³/mol. The minimum Gasteiger partial charge on any atom is -0.743 e. The minimum absolute atomic E-state index is 0.0475. The van der Waals surface area contributed by atoms with E-state index in [-0.39, 0.29) is 25.9 Å². The Morgan fingerprint density at radius 2 is 0.875 bits per heavy atom. The van der Waals surface area contributed by atoms with Gasteiger partial charge in [0, 0.05) is 12.8 Å². The highest BCUT2D eigenvalue weighted by atomic mass is 32.2. The molecule has 11 nitrogen and oxygen atoms in total. The third-order valence-corrected chi connectivity index (χ3v) is 12.8. The Hall–Kier alpha value is -5.55. The highest BCUT2D eigenvalue weighted by Crippen LogP contribution is 2.39. The number of hydrogen-bond donors (Lipinski definition) is 0. The smallest absolute Gasteiger partial charge is 0.586 e. The second kappa shape index (κ2) is 24.5. The van der Waals surface area contributed by atoms with E-state index in [1.165, 1.54) is 62.4 Å². The summed E-state index contributed by atoms with van der Waals surface area (Å²) in [6.07, 6.45) is -1.15. The molecule has 0 aliphatic heterocycles. The van der Waals surface area contributed by atoms with Crippen LogP contribution in [0.1, 0.15) is 46.5 Å². The quantitative estimate of drug-likeness (QED) is 0.0347. The number of alkyl halides is 8. The fourth-order valence-corrected chi connectivity index (χ4v) is 8.28. The molecule has 2 atom stereocenters. The molecule has 0 heterocycles. The van der Waals surface area contributed by atoms with Crippen LogP contribution in [0.3, 0.4) is 0 Å². The van der Waals surface area contributed by atoms with Crippen LogP contribution >= 0.6 is 0 Å². The van der Waals surface area contributed by atoms with Crippen molar-refractivity contribution in [1.29, 1.82) is 10.5 Å². The Morgan fingerprint density at radius 3 is 1.11 bits per heavy atom. The summed E-state index contributed by atoms with van der Waals surface area (Å²) >= 11 is 0. The topological polar surface area (TPSA) is 182 Å². The van der Waals surface area contributed by atoms with E-state index >= 15 is 0 Å². The second-order valence-electron chi connectivity index (χ2n) is 13.3. The lowest BCUT2D eigenvalue weighted by Gasteiger charge is -2.20. The first-order valence-electron chi connectivity index (χ1n) is 18.5. The molecule has 344 valence electrons. The zero-order chi connectivity index (χ0) is 48.2. The lowest BCUT2D eigenvalue weighted by Crippen LogP contribution is -2.35. The monoisotopic (exact) mass is 961 g/mol. The molecular weight excluding hydrogens is 921 g/mol. The van der Waals surface area contributed by atoms with E-state index in [0.29, 0.717) is 19.6 Å². The maximum absolute atomic E-state index is 13.1. The first kappa shape index (κ1) is 54.6. The van der Waals surface area contributed by atoms with E-state index < -0.39 is 84.2 Å². The lowest BCUT2D eigenvalue weighted by molar-refractivity contribution is -0.150. The summed E-state index contributed by atoms with van der Waals surface area (Å²) in [6.45, 7) is 2.45. The van der Waals surface area contributed by atoms with E-state index in [4.69, 9.17) is 4.74 Å². The molecule has 0 spiro atoms. The van der Waals surface area contributed by atoms with Gasteiger partial charge in [-0.2, -0.15) is 29.5 Å². The van der Waals surface area contributed by atoms with Gasteiger partial charge in [0.05, 0.1) is 18.7 Å². The van der Waals surface area contributed by atoms with Gasteiger partial charge in [0.25, 0.3) is 0 Å². The van der Waals surface area contributed by atoms with Crippen molar-refractivity contribution < 1.29 is 67.2 Å². The van der Waals surface area contributed by atoms with Crippen LogP contribution < -0.4 is 0 Å². The molecule has 2 unspecified atom stereocenters. The number of azo groups is 1. The van der Waals surface area contributed by atoms with E-state index in [2.05, 4.69) is 15.0 Å². The van der Waals surface area contributed by atoms with Crippen molar-refractivity contribution in [1.82, 2.24) is 0 Å². The molecule has 0 fully saturated rings. The van der Waals surface area contributed by atoms with Crippen LogP contribution in [0.4, 0.5) is 35.1 Å². The van der Waals surface area contributed by atoms with Crippen LogP contribution in [0, 0.1) is 22.7 Å². The van der Waals surface area contributed by atoms with Crippen molar-refractivity contribution in [3.63, 3.8) is 0 Å². The summed E-state index contributed by atoms with van der Waals surface area (Å²) < 4.78 is 144. The minimum atomic E-state index is -6.00. The van der Waals surface area contributed by atoms with Crippen molar-refractivity contribution in [2.75, 3.05) is 13.2 Å². The number of halogens is 8. The number of nitrogens with zero attached hydrogens (tertiary/aromatic N) is 4. The Labute approximate surface area is 370 Å². The van der Waals surface area contributed by atoms with Crippen molar-refractivity contribution in [3.05, 3.63) is 121 Å². The summed E-state index contributed by atoms with van der Waals surface area (Å²) in [5.74, 6) is -1.84. The van der Waals surface area contributed by atoms with E-state index in [0.717, 1.165) is 0 Å². The average Bonchev–Trinajstić information content (AvgIpc) is 3.24. The van der Waals surface area contributed by atoms with Gasteiger partial charge in [-0.15, -0.1) is 26.3 Å². The van der Waals surface area contributed by atoms with Gasteiger partial charge >= 0.3 is 28.2 Å². The zero-order valence-electron chi connectivity index (χ0n) is 34.2. The Balaban J connectivity index is 0.000000351. The van der Waals surface area contributed by atoms with Crippen molar-refractivity contribution in [3.8, 4) is 12.1 Å². The summed E-state index contributed by atoms with van der Waals surface area (Å²) in [5.41, 5.74) is -11.6. The molecule has 0 radical (unpaired) electrons. The zero-order valence-corrected chi connectivity index (χ0v) is 36.6. The normalized spacial score (nSPS) is 13.8. The second-order valence-corrected chi connectivity index (χ2v) is 18.8. The number of nitriles is 2. The van der Waals surface area contributed by atoms with Gasteiger partial charge < -0.3 is 14.0 Å². The molecular formula is C42H41F8N4O7S3+. The molecule has 0 bridgehead atoms. The highest BCUT2D eigenvalue weighted by molar-refractivity contribution is 7.98. The van der Waals surface area contributed by atoms with Crippen molar-refractivity contribution in [2.45, 2.75) is 93.4 Å². The summed E-state index contributed by atoms with van der Waals surface area (Å²) in [6, 6.07) is 35.6. The molecule has 4 rings (SSSR count). The van der Waals surface area contributed by atoms with Crippen LogP contribution in [0.25, 0.3) is 0 Å². The lowest BCUT2D eigenvalue weighted by atomic mass is 9.97. The molecule has 0 N–H and O–H groups in total. The largest absolute Gasteiger partial charge is 0.743 e. The average molecular weight is 962 g/mol. The summed E-state index contributed by atoms with van der Waals surface area (Å²) in [5, 5.41) is 21.3. The fourth-order valence-electron chi connectivity index (χ4n) is 4.74. The van der Waals surface area contributed by atoms with Gasteiger partial charge in [-0.25, -0.2) is 8.42 Å². The molecule has 0 saturated heterocycles.